The Morgan fingerprint density at radius 3 is 2.44 bits per heavy atom. The lowest BCUT2D eigenvalue weighted by molar-refractivity contribution is -0.153. The minimum atomic E-state index is -4.87. The first-order chi connectivity index (χ1) is 11.7. The van der Waals surface area contributed by atoms with E-state index in [0.717, 1.165) is 5.56 Å². The molecular formula is C16H16F3N3O3. The number of nitrogens with zero attached hydrogens (tertiary/aromatic N) is 1. The third kappa shape index (κ3) is 4.59. The van der Waals surface area contributed by atoms with Crippen LogP contribution < -0.4 is 10.6 Å². The van der Waals surface area contributed by atoms with E-state index >= 15 is 0 Å². The van der Waals surface area contributed by atoms with Gasteiger partial charge in [-0.3, -0.25) is 9.59 Å². The zero-order chi connectivity index (χ0) is 18.6. The first-order valence-corrected chi connectivity index (χ1v) is 7.33. The first kappa shape index (κ1) is 18.5. The molecule has 2 N–H and O–H groups in total. The van der Waals surface area contributed by atoms with Crippen molar-refractivity contribution >= 4 is 11.8 Å². The third-order valence-electron chi connectivity index (χ3n) is 3.36. The Morgan fingerprint density at radius 1 is 1.24 bits per heavy atom. The first-order valence-electron chi connectivity index (χ1n) is 7.33. The highest BCUT2D eigenvalue weighted by Gasteiger charge is 2.41. The van der Waals surface area contributed by atoms with E-state index < -0.39 is 35.5 Å². The van der Waals surface area contributed by atoms with Crippen LogP contribution in [0.5, 0.6) is 0 Å². The van der Waals surface area contributed by atoms with E-state index in [1.54, 1.807) is 30.3 Å². The van der Waals surface area contributed by atoms with Gasteiger partial charge < -0.3 is 15.1 Å². The summed E-state index contributed by atoms with van der Waals surface area (Å²) < 4.78 is 43.3. The molecule has 0 aliphatic rings. The van der Waals surface area contributed by atoms with E-state index in [2.05, 4.69) is 20.0 Å². The molecule has 2 amide bonds. The lowest BCUT2D eigenvalue weighted by Crippen LogP contribution is -2.47. The van der Waals surface area contributed by atoms with Crippen LogP contribution in [0, 0.1) is 6.92 Å². The van der Waals surface area contributed by atoms with E-state index in [0.29, 0.717) is 0 Å². The summed E-state index contributed by atoms with van der Waals surface area (Å²) in [6.07, 6.45) is -4.75. The third-order valence-corrected chi connectivity index (χ3v) is 3.36. The van der Waals surface area contributed by atoms with Crippen LogP contribution in [0.4, 0.5) is 13.2 Å². The number of likely N-dealkylation sites (N-methyl/N-ethyl adjacent to an activating group) is 1. The van der Waals surface area contributed by atoms with Gasteiger partial charge in [-0.2, -0.15) is 13.2 Å². The number of carbonyl (C=O) groups excluding carboxylic acids is 2. The quantitative estimate of drug-likeness (QED) is 0.860. The molecule has 0 saturated carbocycles. The van der Waals surface area contributed by atoms with Gasteiger partial charge in [0.15, 0.2) is 11.6 Å². The summed E-state index contributed by atoms with van der Waals surface area (Å²) in [6, 6.07) is 7.71. The second-order valence-electron chi connectivity index (χ2n) is 5.24. The van der Waals surface area contributed by atoms with Crippen molar-refractivity contribution in [3.63, 3.8) is 0 Å². The van der Waals surface area contributed by atoms with Gasteiger partial charge in [-0.1, -0.05) is 30.3 Å². The molecule has 0 aliphatic carbocycles. The summed E-state index contributed by atoms with van der Waals surface area (Å²) in [5.74, 6) is -3.45. The highest BCUT2D eigenvalue weighted by atomic mass is 19.4. The van der Waals surface area contributed by atoms with Gasteiger partial charge in [-0.05, 0) is 5.56 Å². The molecule has 2 aromatic rings. The number of aryl methyl sites for hydroxylation is 1. The van der Waals surface area contributed by atoms with Crippen LogP contribution in [-0.4, -0.2) is 29.9 Å². The van der Waals surface area contributed by atoms with Crippen molar-refractivity contribution in [1.29, 1.82) is 0 Å². The van der Waals surface area contributed by atoms with Gasteiger partial charge in [0.25, 0.3) is 5.91 Å². The van der Waals surface area contributed by atoms with Crippen molar-refractivity contribution in [2.45, 2.75) is 25.6 Å². The number of oxazole rings is 1. The Kier molecular flexibility index (Phi) is 5.45. The number of aromatic nitrogens is 1. The minimum absolute atomic E-state index is 0.116. The Labute approximate surface area is 141 Å². The molecule has 1 aromatic carbocycles. The summed E-state index contributed by atoms with van der Waals surface area (Å²) in [6.45, 7) is 1.20. The fourth-order valence-electron chi connectivity index (χ4n) is 2.23. The summed E-state index contributed by atoms with van der Waals surface area (Å²) in [4.78, 5) is 27.7. The Hall–Kier alpha value is -2.84. The standard InChI is InChI=1S/C16H16F3N3O3/c1-9-21-12(13(25-9)16(17,18)19)15(24)22-11(14(23)20-2)8-10-6-4-3-5-7-10/h3-7,11H,8H2,1-2H3,(H,20,23)(H,22,24). The molecule has 0 bridgehead atoms. The molecule has 1 atom stereocenters. The number of benzene rings is 1. The van der Waals surface area contributed by atoms with E-state index in [9.17, 15) is 22.8 Å². The maximum atomic E-state index is 12.9. The number of hydrogen-bond acceptors (Lipinski definition) is 4. The Bertz CT molecular complexity index is 757. The second-order valence-corrected chi connectivity index (χ2v) is 5.24. The smallest absolute Gasteiger partial charge is 0.436 e. The molecule has 1 aromatic heterocycles. The van der Waals surface area contributed by atoms with Gasteiger partial charge in [0.05, 0.1) is 0 Å². The number of hydrogen-bond donors (Lipinski definition) is 2. The van der Waals surface area contributed by atoms with Crippen molar-refractivity contribution in [2.75, 3.05) is 7.05 Å². The van der Waals surface area contributed by atoms with Crippen LogP contribution in [0.25, 0.3) is 0 Å². The van der Waals surface area contributed by atoms with Crippen LogP contribution in [0.15, 0.2) is 34.7 Å². The van der Waals surface area contributed by atoms with Crippen molar-refractivity contribution in [3.05, 3.63) is 53.2 Å². The van der Waals surface area contributed by atoms with Crippen LogP contribution in [-0.2, 0) is 17.4 Å². The Morgan fingerprint density at radius 2 is 1.88 bits per heavy atom. The monoisotopic (exact) mass is 355 g/mol. The molecule has 134 valence electrons. The maximum Gasteiger partial charge on any atom is 0.452 e. The lowest BCUT2D eigenvalue weighted by Gasteiger charge is -2.17. The molecule has 0 aliphatic heterocycles. The van der Waals surface area contributed by atoms with E-state index in [-0.39, 0.29) is 12.3 Å². The summed E-state index contributed by atoms with van der Waals surface area (Å²) in [5, 5.41) is 4.66. The molecule has 0 saturated heterocycles. The lowest BCUT2D eigenvalue weighted by atomic mass is 10.1. The molecule has 0 spiro atoms. The largest absolute Gasteiger partial charge is 0.452 e. The molecule has 9 heteroatoms. The second kappa shape index (κ2) is 7.37. The van der Waals surface area contributed by atoms with Crippen molar-refractivity contribution < 1.29 is 27.2 Å². The van der Waals surface area contributed by atoms with Gasteiger partial charge in [-0.25, -0.2) is 4.98 Å². The van der Waals surface area contributed by atoms with Gasteiger partial charge in [0.2, 0.25) is 11.7 Å². The highest BCUT2D eigenvalue weighted by molar-refractivity contribution is 5.97. The van der Waals surface area contributed by atoms with Crippen LogP contribution >= 0.6 is 0 Å². The van der Waals surface area contributed by atoms with Gasteiger partial charge in [0, 0.05) is 20.4 Å². The van der Waals surface area contributed by atoms with Crippen molar-refractivity contribution in [2.24, 2.45) is 0 Å². The topological polar surface area (TPSA) is 84.2 Å². The summed E-state index contributed by atoms with van der Waals surface area (Å²) >= 11 is 0. The normalized spacial score (nSPS) is 12.5. The average molecular weight is 355 g/mol. The number of alkyl halides is 3. The molecule has 0 fully saturated rings. The zero-order valence-corrected chi connectivity index (χ0v) is 13.5. The maximum absolute atomic E-state index is 12.9. The van der Waals surface area contributed by atoms with Crippen LogP contribution in [0.3, 0.4) is 0 Å². The van der Waals surface area contributed by atoms with E-state index in [1.807, 2.05) is 0 Å². The number of carbonyl (C=O) groups is 2. The number of halogens is 3. The van der Waals surface area contributed by atoms with Crippen molar-refractivity contribution in [1.82, 2.24) is 15.6 Å². The predicted molar refractivity (Wildman–Crippen MR) is 81.7 cm³/mol. The zero-order valence-electron chi connectivity index (χ0n) is 13.5. The number of nitrogens with one attached hydrogen (secondary N) is 2. The molecule has 0 radical (unpaired) electrons. The Balaban J connectivity index is 2.24. The van der Waals surface area contributed by atoms with Gasteiger partial charge >= 0.3 is 6.18 Å². The number of rotatable bonds is 5. The molecule has 2 rings (SSSR count). The van der Waals surface area contributed by atoms with Gasteiger partial charge in [-0.15, -0.1) is 0 Å². The minimum Gasteiger partial charge on any atom is -0.436 e. The van der Waals surface area contributed by atoms with E-state index in [4.69, 9.17) is 0 Å². The SMILES string of the molecule is CNC(=O)C(Cc1ccccc1)NC(=O)c1nc(C)oc1C(F)(F)F. The van der Waals surface area contributed by atoms with Crippen LogP contribution in [0.1, 0.15) is 27.7 Å². The fraction of sp³-hybridized carbons (Fsp3) is 0.312. The molecule has 25 heavy (non-hydrogen) atoms. The summed E-state index contributed by atoms with van der Waals surface area (Å²) in [5.41, 5.74) is -0.157. The van der Waals surface area contributed by atoms with Crippen molar-refractivity contribution in [3.8, 4) is 0 Å². The average Bonchev–Trinajstić information content (AvgIpc) is 2.97. The van der Waals surface area contributed by atoms with Crippen LogP contribution in [0.2, 0.25) is 0 Å². The molecule has 1 unspecified atom stereocenters. The van der Waals surface area contributed by atoms with Gasteiger partial charge in [0.1, 0.15) is 6.04 Å². The summed E-state index contributed by atoms with van der Waals surface area (Å²) in [7, 11) is 1.37. The molecular weight excluding hydrogens is 339 g/mol. The fourth-order valence-corrected chi connectivity index (χ4v) is 2.23. The predicted octanol–water partition coefficient (Wildman–Crippen LogP) is 2.09. The van der Waals surface area contributed by atoms with E-state index in [1.165, 1.54) is 14.0 Å². The highest BCUT2D eigenvalue weighted by Crippen LogP contribution is 2.32. The number of amides is 2. The molecule has 6 nitrogen and oxygen atoms in total. The molecule has 1 heterocycles.